The minimum Gasteiger partial charge on any atom is -0.314 e. The van der Waals surface area contributed by atoms with E-state index in [-0.39, 0.29) is 11.4 Å². The molecule has 1 aromatic heterocycles. The van der Waals surface area contributed by atoms with Gasteiger partial charge in [0.05, 0.1) is 10.2 Å². The number of carbonyl (C=O) groups is 1. The largest absolute Gasteiger partial charge is 0.314 e. The second-order valence-corrected chi connectivity index (χ2v) is 6.83. The van der Waals surface area contributed by atoms with Gasteiger partial charge in [-0.1, -0.05) is 42.7 Å². The van der Waals surface area contributed by atoms with Crippen molar-refractivity contribution in [2.45, 2.75) is 44.1 Å². The normalized spacial score (nSPS) is 17.8. The lowest BCUT2D eigenvalue weighted by molar-refractivity contribution is -0.117. The first kappa shape index (κ1) is 14.5. The summed E-state index contributed by atoms with van der Waals surface area (Å²) in [5, 5.41) is 7.05. The van der Waals surface area contributed by atoms with E-state index in [1.165, 1.54) is 30.6 Å². The summed E-state index contributed by atoms with van der Waals surface area (Å²) in [4.78, 5) is 16.8. The fourth-order valence-electron chi connectivity index (χ4n) is 3.14. The highest BCUT2D eigenvalue weighted by atomic mass is 32.1. The molecule has 3 rings (SSSR count). The molecule has 0 radical (unpaired) electrons. The van der Waals surface area contributed by atoms with Crippen molar-refractivity contribution in [3.05, 3.63) is 24.3 Å². The molecule has 1 amide bonds. The topological polar surface area (TPSA) is 54.0 Å². The number of nitrogens with zero attached hydrogens (tertiary/aromatic N) is 1. The number of para-hydroxylation sites is 1. The van der Waals surface area contributed by atoms with Crippen LogP contribution in [-0.4, -0.2) is 23.5 Å². The Kier molecular flexibility index (Phi) is 4.22. The van der Waals surface area contributed by atoms with Crippen molar-refractivity contribution in [2.24, 2.45) is 0 Å². The number of hydrogen-bond donors (Lipinski definition) is 2. The molecule has 1 fully saturated rings. The van der Waals surface area contributed by atoms with Gasteiger partial charge in [0.2, 0.25) is 5.91 Å². The van der Waals surface area contributed by atoms with Crippen molar-refractivity contribution in [1.82, 2.24) is 10.3 Å². The van der Waals surface area contributed by atoms with Crippen LogP contribution in [0, 0.1) is 0 Å². The van der Waals surface area contributed by atoms with Crippen molar-refractivity contribution in [3.8, 4) is 0 Å². The molecule has 112 valence electrons. The van der Waals surface area contributed by atoms with Gasteiger partial charge in [0.25, 0.3) is 0 Å². The predicted molar refractivity (Wildman–Crippen MR) is 87.7 cm³/mol. The molecule has 1 aliphatic carbocycles. The number of thiazole rings is 1. The van der Waals surface area contributed by atoms with Crippen LogP contribution < -0.4 is 10.6 Å². The van der Waals surface area contributed by atoms with Gasteiger partial charge < -0.3 is 10.6 Å². The zero-order valence-electron chi connectivity index (χ0n) is 12.3. The van der Waals surface area contributed by atoms with Crippen LogP contribution in [-0.2, 0) is 4.79 Å². The second kappa shape index (κ2) is 6.12. The van der Waals surface area contributed by atoms with Gasteiger partial charge in [-0.3, -0.25) is 4.79 Å². The fourth-order valence-corrected chi connectivity index (χ4v) is 4.02. The summed E-state index contributed by atoms with van der Waals surface area (Å²) in [6.45, 7) is 0. The monoisotopic (exact) mass is 303 g/mol. The van der Waals surface area contributed by atoms with Crippen LogP contribution in [0.1, 0.15) is 38.5 Å². The van der Waals surface area contributed by atoms with E-state index in [1.54, 1.807) is 0 Å². The van der Waals surface area contributed by atoms with Gasteiger partial charge in [-0.15, -0.1) is 0 Å². The molecular weight excluding hydrogens is 282 g/mol. The number of carbonyl (C=O) groups excluding carboxylic acids is 1. The highest BCUT2D eigenvalue weighted by Crippen LogP contribution is 2.31. The van der Waals surface area contributed by atoms with Crippen molar-refractivity contribution in [1.29, 1.82) is 0 Å². The molecule has 0 saturated heterocycles. The first-order chi connectivity index (χ1) is 10.2. The van der Waals surface area contributed by atoms with Crippen LogP contribution in [0.4, 0.5) is 5.13 Å². The summed E-state index contributed by atoms with van der Waals surface area (Å²) in [7, 11) is 1.97. The highest BCUT2D eigenvalue weighted by molar-refractivity contribution is 7.22. The first-order valence-electron chi connectivity index (χ1n) is 7.55. The number of anilines is 1. The van der Waals surface area contributed by atoms with E-state index < -0.39 is 0 Å². The molecule has 0 spiro atoms. The van der Waals surface area contributed by atoms with Crippen molar-refractivity contribution in [3.63, 3.8) is 0 Å². The lowest BCUT2D eigenvalue weighted by atomic mass is 9.79. The summed E-state index contributed by atoms with van der Waals surface area (Å²) in [5.74, 6) is 0.0605. The van der Waals surface area contributed by atoms with Gasteiger partial charge in [0.15, 0.2) is 5.13 Å². The maximum absolute atomic E-state index is 12.3. The number of hydrogen-bond acceptors (Lipinski definition) is 4. The van der Waals surface area contributed by atoms with Gasteiger partial charge >= 0.3 is 0 Å². The van der Waals surface area contributed by atoms with Crippen LogP contribution in [0.25, 0.3) is 10.2 Å². The molecule has 0 atom stereocenters. The van der Waals surface area contributed by atoms with Crippen molar-refractivity contribution < 1.29 is 4.79 Å². The molecular formula is C16H21N3OS. The maximum Gasteiger partial charge on any atom is 0.228 e. The Labute approximate surface area is 129 Å². The number of rotatable bonds is 4. The average molecular weight is 303 g/mol. The molecule has 0 aliphatic heterocycles. The average Bonchev–Trinajstić information content (AvgIpc) is 2.90. The molecule has 1 saturated carbocycles. The van der Waals surface area contributed by atoms with Crippen molar-refractivity contribution in [2.75, 3.05) is 12.4 Å². The summed E-state index contributed by atoms with van der Waals surface area (Å²) in [6.07, 6.45) is 6.38. The minimum atomic E-state index is -0.0288. The first-order valence-corrected chi connectivity index (χ1v) is 8.37. The number of fused-ring (bicyclic) bond motifs is 1. The second-order valence-electron chi connectivity index (χ2n) is 5.80. The zero-order valence-corrected chi connectivity index (χ0v) is 13.1. The molecule has 2 N–H and O–H groups in total. The zero-order chi connectivity index (χ0) is 14.7. The smallest absolute Gasteiger partial charge is 0.228 e. The SMILES string of the molecule is CNC1(CC(=O)Nc2nc3ccccc3s2)CCCCC1. The molecule has 0 unspecified atom stereocenters. The Balaban J connectivity index is 1.68. The van der Waals surface area contributed by atoms with Crippen LogP contribution >= 0.6 is 11.3 Å². The Bertz CT molecular complexity index is 598. The van der Waals surface area contributed by atoms with Crippen LogP contribution in [0.15, 0.2) is 24.3 Å². The number of nitrogens with one attached hydrogen (secondary N) is 2. The van der Waals surface area contributed by atoms with Gasteiger partial charge in [-0.2, -0.15) is 0 Å². The Hall–Kier alpha value is -1.46. The van der Waals surface area contributed by atoms with Crippen LogP contribution in [0.2, 0.25) is 0 Å². The molecule has 5 heteroatoms. The van der Waals surface area contributed by atoms with Gasteiger partial charge in [0.1, 0.15) is 0 Å². The molecule has 1 aliphatic rings. The number of benzene rings is 1. The van der Waals surface area contributed by atoms with E-state index in [1.807, 2.05) is 31.3 Å². The fraction of sp³-hybridized carbons (Fsp3) is 0.500. The molecule has 2 aromatic rings. The third kappa shape index (κ3) is 3.24. The molecule has 21 heavy (non-hydrogen) atoms. The number of amides is 1. The lowest BCUT2D eigenvalue weighted by Gasteiger charge is -2.36. The summed E-state index contributed by atoms with van der Waals surface area (Å²) in [6, 6.07) is 7.95. The molecule has 4 nitrogen and oxygen atoms in total. The summed E-state index contributed by atoms with van der Waals surface area (Å²) < 4.78 is 1.11. The third-order valence-corrected chi connectivity index (χ3v) is 5.33. The van der Waals surface area contributed by atoms with E-state index in [2.05, 4.69) is 15.6 Å². The van der Waals surface area contributed by atoms with Crippen LogP contribution in [0.3, 0.4) is 0 Å². The van der Waals surface area contributed by atoms with E-state index in [4.69, 9.17) is 0 Å². The Morgan fingerprint density at radius 2 is 2.05 bits per heavy atom. The minimum absolute atomic E-state index is 0.0288. The Morgan fingerprint density at radius 3 is 2.76 bits per heavy atom. The van der Waals surface area contributed by atoms with Gasteiger partial charge in [-0.05, 0) is 32.0 Å². The predicted octanol–water partition coefficient (Wildman–Crippen LogP) is 3.55. The van der Waals surface area contributed by atoms with Crippen LogP contribution in [0.5, 0.6) is 0 Å². The van der Waals surface area contributed by atoms with E-state index >= 15 is 0 Å². The van der Waals surface area contributed by atoms with E-state index in [0.29, 0.717) is 11.6 Å². The third-order valence-electron chi connectivity index (χ3n) is 4.38. The summed E-state index contributed by atoms with van der Waals surface area (Å²) in [5.41, 5.74) is 0.915. The highest BCUT2D eigenvalue weighted by Gasteiger charge is 2.32. The molecule has 0 bridgehead atoms. The van der Waals surface area contributed by atoms with Gasteiger partial charge in [-0.25, -0.2) is 4.98 Å². The molecule has 1 heterocycles. The molecule has 1 aromatic carbocycles. The maximum atomic E-state index is 12.3. The standard InChI is InChI=1S/C16H21N3OS/c1-17-16(9-5-2-6-10-16)11-14(20)19-15-18-12-7-3-4-8-13(12)21-15/h3-4,7-8,17H,2,5-6,9-11H2,1H3,(H,18,19,20). The van der Waals surface area contributed by atoms with Gasteiger partial charge in [0, 0.05) is 12.0 Å². The van der Waals surface area contributed by atoms with Crippen molar-refractivity contribution >= 4 is 32.6 Å². The number of aromatic nitrogens is 1. The summed E-state index contributed by atoms with van der Waals surface area (Å²) >= 11 is 1.53. The van der Waals surface area contributed by atoms with E-state index in [9.17, 15) is 4.79 Å². The quantitative estimate of drug-likeness (QED) is 0.908. The Morgan fingerprint density at radius 1 is 1.29 bits per heavy atom. The van der Waals surface area contributed by atoms with E-state index in [0.717, 1.165) is 23.1 Å². The lowest BCUT2D eigenvalue weighted by Crippen LogP contribution is -2.47.